The molecule has 2 aliphatic rings. The van der Waals surface area contributed by atoms with Crippen molar-refractivity contribution in [3.05, 3.63) is 34.7 Å². The Labute approximate surface area is 137 Å². The predicted octanol–water partition coefficient (Wildman–Crippen LogP) is 3.75. The summed E-state index contributed by atoms with van der Waals surface area (Å²) < 4.78 is 30.9. The van der Waals surface area contributed by atoms with Gasteiger partial charge in [-0.3, -0.25) is 0 Å². The van der Waals surface area contributed by atoms with Crippen LogP contribution in [0.5, 0.6) is 0 Å². The SMILES string of the molecule is COC(=O)C1=CC=C(CB2OC(C)(C)C(C)(C)O2)CC(C)=C1F. The fourth-order valence-corrected chi connectivity index (χ4v) is 2.65. The lowest BCUT2D eigenvalue weighted by Gasteiger charge is -2.32. The van der Waals surface area contributed by atoms with Crippen molar-refractivity contribution < 1.29 is 23.2 Å². The Hall–Kier alpha value is -1.40. The molecule has 0 N–H and O–H groups in total. The van der Waals surface area contributed by atoms with Crippen molar-refractivity contribution in [2.75, 3.05) is 7.11 Å². The molecule has 0 amide bonds. The topological polar surface area (TPSA) is 44.8 Å². The molecule has 1 aliphatic carbocycles. The summed E-state index contributed by atoms with van der Waals surface area (Å²) in [5.74, 6) is -1.19. The van der Waals surface area contributed by atoms with Crippen molar-refractivity contribution in [3.63, 3.8) is 0 Å². The van der Waals surface area contributed by atoms with Crippen LogP contribution in [0.1, 0.15) is 41.0 Å². The van der Waals surface area contributed by atoms with Crippen LogP contribution in [0.2, 0.25) is 6.32 Å². The Balaban J connectivity index is 2.18. The lowest BCUT2D eigenvalue weighted by atomic mass is 9.78. The van der Waals surface area contributed by atoms with Crippen LogP contribution in [0.25, 0.3) is 0 Å². The summed E-state index contributed by atoms with van der Waals surface area (Å²) in [6.45, 7) is 9.65. The van der Waals surface area contributed by atoms with Gasteiger partial charge >= 0.3 is 13.1 Å². The van der Waals surface area contributed by atoms with Crippen molar-refractivity contribution >= 4 is 13.1 Å². The largest absolute Gasteiger partial charge is 0.465 e. The summed E-state index contributed by atoms with van der Waals surface area (Å²) in [5, 5.41) is 0. The van der Waals surface area contributed by atoms with Gasteiger partial charge in [0, 0.05) is 6.32 Å². The van der Waals surface area contributed by atoms with Crippen LogP contribution in [0.4, 0.5) is 4.39 Å². The van der Waals surface area contributed by atoms with Crippen molar-refractivity contribution in [1.82, 2.24) is 0 Å². The minimum absolute atomic E-state index is 0.0473. The van der Waals surface area contributed by atoms with E-state index in [4.69, 9.17) is 9.31 Å². The normalized spacial score (nSPS) is 23.3. The first-order valence-electron chi connectivity index (χ1n) is 7.76. The average molecular weight is 322 g/mol. The molecule has 6 heteroatoms. The van der Waals surface area contributed by atoms with Crippen LogP contribution in [-0.4, -0.2) is 31.4 Å². The molecule has 0 atom stereocenters. The average Bonchev–Trinajstić information content (AvgIpc) is 2.55. The second-order valence-electron chi connectivity index (χ2n) is 7.06. The van der Waals surface area contributed by atoms with E-state index in [1.165, 1.54) is 13.2 Å². The van der Waals surface area contributed by atoms with E-state index in [1.54, 1.807) is 13.0 Å². The summed E-state index contributed by atoms with van der Waals surface area (Å²) in [5.41, 5.74) is 0.615. The Bertz CT molecular complexity index is 586. The number of allylic oxidation sites excluding steroid dienone is 4. The van der Waals surface area contributed by atoms with Gasteiger partial charge in [0.05, 0.1) is 23.9 Å². The van der Waals surface area contributed by atoms with Gasteiger partial charge in [0.25, 0.3) is 0 Å². The van der Waals surface area contributed by atoms with E-state index in [9.17, 15) is 9.18 Å². The third-order valence-corrected chi connectivity index (χ3v) is 4.73. The second kappa shape index (κ2) is 6.25. The zero-order chi connectivity index (χ0) is 17.4. The molecular weight excluding hydrogens is 298 g/mol. The zero-order valence-corrected chi connectivity index (χ0v) is 14.7. The number of hydrogen-bond acceptors (Lipinski definition) is 4. The number of hydrogen-bond donors (Lipinski definition) is 0. The number of carbonyl (C=O) groups is 1. The standard InChI is InChI=1S/C17H24BFO4/c1-11-9-12(7-8-13(14(11)19)15(20)21-6)10-18-22-16(2,3)17(4,5)23-18/h7-8H,9-10H2,1-6H3. The fraction of sp³-hybridized carbons (Fsp3) is 0.588. The van der Waals surface area contributed by atoms with Crippen LogP contribution in [-0.2, 0) is 18.8 Å². The number of methoxy groups -OCH3 is 1. The highest BCUT2D eigenvalue weighted by atomic mass is 19.1. The molecule has 1 aliphatic heterocycles. The second-order valence-corrected chi connectivity index (χ2v) is 7.06. The first kappa shape index (κ1) is 18.0. The van der Waals surface area contributed by atoms with Gasteiger partial charge in [-0.25, -0.2) is 9.18 Å². The third kappa shape index (κ3) is 3.58. The minimum Gasteiger partial charge on any atom is -0.465 e. The first-order valence-corrected chi connectivity index (χ1v) is 7.76. The highest BCUT2D eigenvalue weighted by Crippen LogP contribution is 2.39. The number of rotatable bonds is 3. The van der Waals surface area contributed by atoms with Crippen LogP contribution in [0.3, 0.4) is 0 Å². The smallest absolute Gasteiger partial charge is 0.462 e. The molecule has 1 fully saturated rings. The van der Waals surface area contributed by atoms with Crippen LogP contribution in [0, 0.1) is 0 Å². The predicted molar refractivity (Wildman–Crippen MR) is 87.5 cm³/mol. The molecule has 4 nitrogen and oxygen atoms in total. The fourth-order valence-electron chi connectivity index (χ4n) is 2.65. The maximum absolute atomic E-state index is 14.3. The summed E-state index contributed by atoms with van der Waals surface area (Å²) in [6.07, 6.45) is 4.20. The van der Waals surface area contributed by atoms with Gasteiger partial charge in [-0.15, -0.1) is 0 Å². The highest BCUT2D eigenvalue weighted by Gasteiger charge is 2.50. The molecule has 2 rings (SSSR count). The molecule has 1 heterocycles. The minimum atomic E-state index is -0.671. The molecule has 0 unspecified atom stereocenters. The van der Waals surface area contributed by atoms with Gasteiger partial charge < -0.3 is 14.0 Å². The van der Waals surface area contributed by atoms with Gasteiger partial charge in [-0.05, 0) is 52.7 Å². The monoisotopic (exact) mass is 322 g/mol. The molecule has 1 saturated heterocycles. The Morgan fingerprint density at radius 2 is 1.83 bits per heavy atom. The number of halogens is 1. The summed E-state index contributed by atoms with van der Waals surface area (Å²) in [4.78, 5) is 11.7. The lowest BCUT2D eigenvalue weighted by Crippen LogP contribution is -2.41. The maximum atomic E-state index is 14.3. The molecule has 0 aromatic heterocycles. The maximum Gasteiger partial charge on any atom is 0.462 e. The van der Waals surface area contributed by atoms with Gasteiger partial charge in [0.1, 0.15) is 5.83 Å². The molecule has 0 aromatic rings. The van der Waals surface area contributed by atoms with E-state index in [-0.39, 0.29) is 12.7 Å². The molecule has 0 spiro atoms. The third-order valence-electron chi connectivity index (χ3n) is 4.73. The quantitative estimate of drug-likeness (QED) is 0.586. The van der Waals surface area contributed by atoms with Gasteiger partial charge in [0.15, 0.2) is 0 Å². The van der Waals surface area contributed by atoms with E-state index < -0.39 is 23.0 Å². The Morgan fingerprint density at radius 1 is 1.26 bits per heavy atom. The summed E-state index contributed by atoms with van der Waals surface area (Å²) in [7, 11) is 0.862. The van der Waals surface area contributed by atoms with E-state index >= 15 is 0 Å². The van der Waals surface area contributed by atoms with E-state index in [2.05, 4.69) is 4.74 Å². The van der Waals surface area contributed by atoms with Crippen molar-refractivity contribution in [2.24, 2.45) is 0 Å². The molecule has 0 aromatic carbocycles. The Kier molecular flexibility index (Phi) is 4.88. The van der Waals surface area contributed by atoms with Gasteiger partial charge in [-0.2, -0.15) is 0 Å². The number of ether oxygens (including phenoxy) is 1. The Morgan fingerprint density at radius 3 is 2.35 bits per heavy atom. The lowest BCUT2D eigenvalue weighted by molar-refractivity contribution is -0.135. The van der Waals surface area contributed by atoms with E-state index in [0.717, 1.165) is 5.57 Å². The van der Waals surface area contributed by atoms with Crippen molar-refractivity contribution in [3.8, 4) is 0 Å². The highest BCUT2D eigenvalue weighted by molar-refractivity contribution is 6.46. The number of carbonyl (C=O) groups excluding carboxylic acids is 1. The molecule has 126 valence electrons. The van der Waals surface area contributed by atoms with Crippen LogP contribution in [0.15, 0.2) is 34.7 Å². The zero-order valence-electron chi connectivity index (χ0n) is 14.7. The summed E-state index contributed by atoms with van der Waals surface area (Å²) >= 11 is 0. The molecule has 0 radical (unpaired) electrons. The summed E-state index contributed by atoms with van der Waals surface area (Å²) in [6, 6.07) is 0. The molecule has 23 heavy (non-hydrogen) atoms. The van der Waals surface area contributed by atoms with Crippen LogP contribution >= 0.6 is 0 Å². The van der Waals surface area contributed by atoms with Crippen molar-refractivity contribution in [1.29, 1.82) is 0 Å². The molecular formula is C17H24BFO4. The van der Waals surface area contributed by atoms with Crippen LogP contribution < -0.4 is 0 Å². The van der Waals surface area contributed by atoms with E-state index in [0.29, 0.717) is 18.3 Å². The number of esters is 1. The molecule has 0 saturated carbocycles. The first-order chi connectivity index (χ1) is 10.6. The van der Waals surface area contributed by atoms with Gasteiger partial charge in [0.2, 0.25) is 0 Å². The van der Waals surface area contributed by atoms with E-state index in [1.807, 2.05) is 27.7 Å². The molecule has 0 bridgehead atoms. The van der Waals surface area contributed by atoms with Crippen molar-refractivity contribution in [2.45, 2.75) is 58.6 Å². The van der Waals surface area contributed by atoms with Gasteiger partial charge in [-0.1, -0.05) is 11.6 Å².